The molecule has 8 nitrogen and oxygen atoms in total. The summed E-state index contributed by atoms with van der Waals surface area (Å²) in [4.78, 5) is 17.8. The van der Waals surface area contributed by atoms with E-state index in [4.69, 9.17) is 19.2 Å². The second-order valence-corrected chi connectivity index (χ2v) is 9.00. The Bertz CT molecular complexity index is 1300. The van der Waals surface area contributed by atoms with Crippen LogP contribution in [0.4, 0.5) is 5.82 Å². The summed E-state index contributed by atoms with van der Waals surface area (Å²) in [6, 6.07) is 12.3. The molecule has 8 heteroatoms. The minimum absolute atomic E-state index is 0.643. The molecule has 0 atom stereocenters. The first-order chi connectivity index (χ1) is 17.2. The van der Waals surface area contributed by atoms with E-state index in [-0.39, 0.29) is 0 Å². The third-order valence-corrected chi connectivity index (χ3v) is 6.67. The molecular formula is C27H33N5O3. The lowest BCUT2D eigenvalue weighted by atomic mass is 10.1. The SMILES string of the molecule is COc1ccc(OC)c(CN(CCCN2CCOCC2)c2ncnc3c2[nH]c2ccc(C)cc23)c1. The molecule has 0 spiro atoms. The zero-order valence-corrected chi connectivity index (χ0v) is 20.7. The first-order valence-electron chi connectivity index (χ1n) is 12.2. The summed E-state index contributed by atoms with van der Waals surface area (Å²) in [7, 11) is 3.39. The van der Waals surface area contributed by atoms with Gasteiger partial charge in [-0.25, -0.2) is 9.97 Å². The van der Waals surface area contributed by atoms with Crippen LogP contribution in [0.25, 0.3) is 21.9 Å². The van der Waals surface area contributed by atoms with E-state index >= 15 is 0 Å². The third-order valence-electron chi connectivity index (χ3n) is 6.67. The summed E-state index contributed by atoms with van der Waals surface area (Å²) in [6.45, 7) is 8.22. The number of methoxy groups -OCH3 is 2. The molecule has 0 radical (unpaired) electrons. The average Bonchev–Trinajstić information content (AvgIpc) is 3.26. The van der Waals surface area contributed by atoms with Crippen LogP contribution in [0.5, 0.6) is 11.5 Å². The number of morpholine rings is 1. The van der Waals surface area contributed by atoms with Gasteiger partial charge >= 0.3 is 0 Å². The Hall–Kier alpha value is -3.36. The second-order valence-electron chi connectivity index (χ2n) is 9.00. The number of H-pyrrole nitrogens is 1. The smallest absolute Gasteiger partial charge is 0.156 e. The number of hydrogen-bond donors (Lipinski definition) is 1. The van der Waals surface area contributed by atoms with Crippen LogP contribution in [0.2, 0.25) is 0 Å². The summed E-state index contributed by atoms with van der Waals surface area (Å²) in [6.07, 6.45) is 2.68. The number of aromatic amines is 1. The van der Waals surface area contributed by atoms with Crippen molar-refractivity contribution in [2.24, 2.45) is 0 Å². The Labute approximate surface area is 205 Å². The number of hydrogen-bond acceptors (Lipinski definition) is 7. The van der Waals surface area contributed by atoms with Crippen LogP contribution >= 0.6 is 0 Å². The standard InChI is InChI=1S/C27H33N5O3/c1-19-5-7-23-22(15-19)25-26(30-23)27(29-18-28-25)32(10-4-9-31-11-13-35-14-12-31)17-20-16-21(33-2)6-8-24(20)34-3/h5-8,15-16,18,30H,4,9-14,17H2,1-3H3. The number of benzene rings is 2. The first-order valence-corrected chi connectivity index (χ1v) is 12.2. The number of anilines is 1. The molecule has 1 aliphatic rings. The molecule has 3 heterocycles. The van der Waals surface area contributed by atoms with Crippen LogP contribution in [-0.4, -0.2) is 73.5 Å². The lowest BCUT2D eigenvalue weighted by Crippen LogP contribution is -2.38. The van der Waals surface area contributed by atoms with Crippen molar-refractivity contribution in [1.29, 1.82) is 0 Å². The highest BCUT2D eigenvalue weighted by Gasteiger charge is 2.19. The van der Waals surface area contributed by atoms with E-state index in [0.29, 0.717) is 6.54 Å². The zero-order valence-electron chi connectivity index (χ0n) is 20.7. The van der Waals surface area contributed by atoms with Crippen molar-refractivity contribution in [2.45, 2.75) is 19.9 Å². The van der Waals surface area contributed by atoms with Crippen molar-refractivity contribution in [3.8, 4) is 11.5 Å². The number of nitrogens with one attached hydrogen (secondary N) is 1. The quantitative estimate of drug-likeness (QED) is 0.389. The molecule has 1 N–H and O–H groups in total. The van der Waals surface area contributed by atoms with E-state index in [1.54, 1.807) is 20.5 Å². The maximum Gasteiger partial charge on any atom is 0.156 e. The molecule has 35 heavy (non-hydrogen) atoms. The van der Waals surface area contributed by atoms with Gasteiger partial charge in [0.25, 0.3) is 0 Å². The molecule has 1 aliphatic heterocycles. The van der Waals surface area contributed by atoms with Crippen LogP contribution in [0.15, 0.2) is 42.7 Å². The van der Waals surface area contributed by atoms with E-state index in [1.807, 2.05) is 18.2 Å². The fourth-order valence-corrected chi connectivity index (χ4v) is 4.81. The molecule has 184 valence electrons. The van der Waals surface area contributed by atoms with Gasteiger partial charge in [0, 0.05) is 49.2 Å². The second kappa shape index (κ2) is 10.5. The Morgan fingerprint density at radius 2 is 1.91 bits per heavy atom. The molecule has 5 rings (SSSR count). The number of aryl methyl sites for hydroxylation is 1. The highest BCUT2D eigenvalue weighted by Crippen LogP contribution is 2.32. The fraction of sp³-hybridized carbons (Fsp3) is 0.407. The van der Waals surface area contributed by atoms with Gasteiger partial charge in [0.15, 0.2) is 5.82 Å². The average molecular weight is 476 g/mol. The molecule has 2 aromatic heterocycles. The van der Waals surface area contributed by atoms with E-state index in [9.17, 15) is 0 Å². The van der Waals surface area contributed by atoms with Crippen LogP contribution in [0.3, 0.4) is 0 Å². The molecule has 0 aliphatic carbocycles. The zero-order chi connectivity index (χ0) is 24.2. The van der Waals surface area contributed by atoms with Crippen molar-refractivity contribution in [3.63, 3.8) is 0 Å². The lowest BCUT2D eigenvalue weighted by molar-refractivity contribution is 0.0376. The summed E-state index contributed by atoms with van der Waals surface area (Å²) < 4.78 is 16.7. The maximum atomic E-state index is 5.69. The third kappa shape index (κ3) is 5.04. The van der Waals surface area contributed by atoms with E-state index in [1.165, 1.54) is 5.56 Å². The molecule has 0 unspecified atom stereocenters. The van der Waals surface area contributed by atoms with Crippen molar-refractivity contribution >= 4 is 27.8 Å². The minimum Gasteiger partial charge on any atom is -0.497 e. The molecule has 1 fully saturated rings. The fourth-order valence-electron chi connectivity index (χ4n) is 4.81. The van der Waals surface area contributed by atoms with E-state index < -0.39 is 0 Å². The minimum atomic E-state index is 0.643. The highest BCUT2D eigenvalue weighted by atomic mass is 16.5. The van der Waals surface area contributed by atoms with Crippen LogP contribution < -0.4 is 14.4 Å². The topological polar surface area (TPSA) is 75.7 Å². The molecule has 2 aromatic carbocycles. The molecule has 0 amide bonds. The van der Waals surface area contributed by atoms with Gasteiger partial charge in [0.05, 0.1) is 27.4 Å². The van der Waals surface area contributed by atoms with Gasteiger partial charge in [-0.05, 0) is 43.7 Å². The van der Waals surface area contributed by atoms with Gasteiger partial charge in [0.2, 0.25) is 0 Å². The van der Waals surface area contributed by atoms with Gasteiger partial charge < -0.3 is 24.1 Å². The van der Waals surface area contributed by atoms with Gasteiger partial charge in [0.1, 0.15) is 28.9 Å². The summed E-state index contributed by atoms with van der Waals surface area (Å²) in [5.74, 6) is 2.54. The summed E-state index contributed by atoms with van der Waals surface area (Å²) >= 11 is 0. The molecule has 4 aromatic rings. The van der Waals surface area contributed by atoms with Crippen LogP contribution in [0.1, 0.15) is 17.5 Å². The van der Waals surface area contributed by atoms with Crippen LogP contribution in [-0.2, 0) is 11.3 Å². The number of fused-ring (bicyclic) bond motifs is 3. The maximum absolute atomic E-state index is 5.69. The number of nitrogens with zero attached hydrogens (tertiary/aromatic N) is 4. The highest BCUT2D eigenvalue weighted by molar-refractivity contribution is 6.08. The van der Waals surface area contributed by atoms with E-state index in [2.05, 4.69) is 44.9 Å². The van der Waals surface area contributed by atoms with Crippen molar-refractivity contribution in [2.75, 3.05) is 58.5 Å². The molecule has 0 bridgehead atoms. The first kappa shape index (κ1) is 23.4. The Morgan fingerprint density at radius 1 is 1.06 bits per heavy atom. The normalized spacial score (nSPS) is 14.5. The van der Waals surface area contributed by atoms with Gasteiger partial charge in [-0.2, -0.15) is 0 Å². The van der Waals surface area contributed by atoms with Crippen molar-refractivity contribution < 1.29 is 14.2 Å². The largest absolute Gasteiger partial charge is 0.497 e. The molecule has 0 saturated carbocycles. The monoisotopic (exact) mass is 475 g/mol. The lowest BCUT2D eigenvalue weighted by Gasteiger charge is -2.29. The Balaban J connectivity index is 1.50. The molecule has 1 saturated heterocycles. The number of aromatic nitrogens is 3. The predicted molar refractivity (Wildman–Crippen MR) is 139 cm³/mol. The molecular weight excluding hydrogens is 442 g/mol. The predicted octanol–water partition coefficient (Wildman–Crippen LogP) is 4.17. The Morgan fingerprint density at radius 3 is 2.71 bits per heavy atom. The van der Waals surface area contributed by atoms with E-state index in [0.717, 1.165) is 90.6 Å². The summed E-state index contributed by atoms with van der Waals surface area (Å²) in [5, 5.41) is 1.12. The van der Waals surface area contributed by atoms with Crippen molar-refractivity contribution in [3.05, 3.63) is 53.9 Å². The summed E-state index contributed by atoms with van der Waals surface area (Å²) in [5.41, 5.74) is 5.24. The Kier molecular flexibility index (Phi) is 7.01. The number of ether oxygens (including phenoxy) is 3. The number of rotatable bonds is 9. The van der Waals surface area contributed by atoms with Crippen LogP contribution in [0, 0.1) is 6.92 Å². The van der Waals surface area contributed by atoms with Crippen molar-refractivity contribution in [1.82, 2.24) is 19.9 Å². The van der Waals surface area contributed by atoms with Gasteiger partial charge in [-0.15, -0.1) is 0 Å². The van der Waals surface area contributed by atoms with Gasteiger partial charge in [-0.3, -0.25) is 4.90 Å². The van der Waals surface area contributed by atoms with Gasteiger partial charge in [-0.1, -0.05) is 11.6 Å².